The highest BCUT2D eigenvalue weighted by Gasteiger charge is 2.29. The third kappa shape index (κ3) is 2.20. The van der Waals surface area contributed by atoms with Crippen molar-refractivity contribution in [3.05, 3.63) is 0 Å². The fourth-order valence-corrected chi connectivity index (χ4v) is 1.73. The molecule has 0 aromatic rings. The van der Waals surface area contributed by atoms with Crippen molar-refractivity contribution in [2.24, 2.45) is 5.73 Å². The molecule has 0 saturated carbocycles. The van der Waals surface area contributed by atoms with Gasteiger partial charge in [0.1, 0.15) is 6.04 Å². The van der Waals surface area contributed by atoms with Crippen molar-refractivity contribution in [1.82, 2.24) is 4.90 Å². The van der Waals surface area contributed by atoms with E-state index in [2.05, 4.69) is 0 Å². The van der Waals surface area contributed by atoms with Crippen LogP contribution >= 0.6 is 0 Å². The summed E-state index contributed by atoms with van der Waals surface area (Å²) in [6, 6.07) is -0.360. The van der Waals surface area contributed by atoms with Gasteiger partial charge in [-0.1, -0.05) is 6.92 Å². The first kappa shape index (κ1) is 10.0. The van der Waals surface area contributed by atoms with Gasteiger partial charge in [0.05, 0.1) is 0 Å². The number of rotatable bonds is 2. The monoisotopic (exact) mass is 184 g/mol. The van der Waals surface area contributed by atoms with Crippen molar-refractivity contribution < 1.29 is 9.59 Å². The molecule has 1 heterocycles. The number of piperidine rings is 1. The Morgan fingerprint density at radius 1 is 1.46 bits per heavy atom. The summed E-state index contributed by atoms with van der Waals surface area (Å²) in [5.74, 6) is -0.343. The molecular weight excluding hydrogens is 168 g/mol. The minimum atomic E-state index is -0.374. The molecule has 74 valence electrons. The summed E-state index contributed by atoms with van der Waals surface area (Å²) >= 11 is 0. The maximum absolute atomic E-state index is 11.4. The number of carbonyl (C=O) groups excluding carboxylic acids is 2. The summed E-state index contributed by atoms with van der Waals surface area (Å²) in [4.78, 5) is 24.0. The van der Waals surface area contributed by atoms with Gasteiger partial charge in [-0.2, -0.15) is 0 Å². The van der Waals surface area contributed by atoms with E-state index < -0.39 is 0 Å². The minimum absolute atomic E-state index is 0.0310. The van der Waals surface area contributed by atoms with E-state index in [1.807, 2.05) is 0 Å². The lowest BCUT2D eigenvalue weighted by Gasteiger charge is -2.33. The lowest BCUT2D eigenvalue weighted by Crippen LogP contribution is -2.50. The number of primary amides is 1. The van der Waals surface area contributed by atoms with E-state index in [0.717, 1.165) is 19.3 Å². The maximum atomic E-state index is 11.4. The van der Waals surface area contributed by atoms with E-state index in [-0.39, 0.29) is 17.9 Å². The average Bonchev–Trinajstić information content (AvgIpc) is 2.16. The van der Waals surface area contributed by atoms with E-state index in [1.54, 1.807) is 11.8 Å². The number of carbonyl (C=O) groups is 2. The second kappa shape index (κ2) is 4.25. The molecule has 1 atom stereocenters. The number of hydrogen-bond acceptors (Lipinski definition) is 2. The Balaban J connectivity index is 2.67. The van der Waals surface area contributed by atoms with Gasteiger partial charge >= 0.3 is 0 Å². The van der Waals surface area contributed by atoms with Crippen molar-refractivity contribution in [3.63, 3.8) is 0 Å². The minimum Gasteiger partial charge on any atom is -0.368 e. The maximum Gasteiger partial charge on any atom is 0.240 e. The fourth-order valence-electron chi connectivity index (χ4n) is 1.73. The molecule has 1 aliphatic rings. The van der Waals surface area contributed by atoms with Crippen LogP contribution in [-0.4, -0.2) is 29.3 Å². The number of nitrogens with two attached hydrogens (primary N) is 1. The first-order chi connectivity index (χ1) is 6.16. The smallest absolute Gasteiger partial charge is 0.240 e. The van der Waals surface area contributed by atoms with Crippen LogP contribution in [0.25, 0.3) is 0 Å². The highest BCUT2D eigenvalue weighted by atomic mass is 16.2. The first-order valence-electron chi connectivity index (χ1n) is 4.75. The van der Waals surface area contributed by atoms with Gasteiger partial charge in [-0.3, -0.25) is 9.59 Å². The van der Waals surface area contributed by atoms with Gasteiger partial charge in [-0.15, -0.1) is 0 Å². The van der Waals surface area contributed by atoms with Gasteiger partial charge in [-0.05, 0) is 19.3 Å². The highest BCUT2D eigenvalue weighted by Crippen LogP contribution is 2.17. The Labute approximate surface area is 78.1 Å². The number of nitrogens with zero attached hydrogens (tertiary/aromatic N) is 1. The van der Waals surface area contributed by atoms with Crippen LogP contribution in [0.4, 0.5) is 0 Å². The molecular formula is C9H16N2O2. The molecule has 1 aliphatic heterocycles. The summed E-state index contributed by atoms with van der Waals surface area (Å²) < 4.78 is 0. The summed E-state index contributed by atoms with van der Waals surface area (Å²) in [6.07, 6.45) is 3.14. The molecule has 1 unspecified atom stereocenters. The second-order valence-electron chi connectivity index (χ2n) is 3.35. The Hall–Kier alpha value is -1.06. The molecule has 2 N–H and O–H groups in total. The summed E-state index contributed by atoms with van der Waals surface area (Å²) in [5.41, 5.74) is 5.22. The molecule has 0 aromatic carbocycles. The Morgan fingerprint density at radius 3 is 2.69 bits per heavy atom. The standard InChI is InChI=1S/C9H16N2O2/c1-2-8(12)11-6-4-3-5-7(11)9(10)13/h7H,2-6H2,1H3,(H2,10,13). The number of amides is 2. The van der Waals surface area contributed by atoms with Crippen molar-refractivity contribution in [2.45, 2.75) is 38.6 Å². The molecule has 0 aliphatic carbocycles. The molecule has 1 rings (SSSR count). The van der Waals surface area contributed by atoms with Crippen LogP contribution in [0.3, 0.4) is 0 Å². The first-order valence-corrected chi connectivity index (χ1v) is 4.75. The van der Waals surface area contributed by atoms with Crippen molar-refractivity contribution in [3.8, 4) is 0 Å². The van der Waals surface area contributed by atoms with Crippen LogP contribution in [0.5, 0.6) is 0 Å². The SMILES string of the molecule is CCC(=O)N1CCCCC1C(N)=O. The molecule has 1 fully saturated rings. The Morgan fingerprint density at radius 2 is 2.15 bits per heavy atom. The van der Waals surface area contributed by atoms with E-state index >= 15 is 0 Å². The van der Waals surface area contributed by atoms with Gasteiger partial charge in [0, 0.05) is 13.0 Å². The zero-order valence-electron chi connectivity index (χ0n) is 7.95. The van der Waals surface area contributed by atoms with Crippen LogP contribution in [0.2, 0.25) is 0 Å². The van der Waals surface area contributed by atoms with Crippen molar-refractivity contribution in [1.29, 1.82) is 0 Å². The van der Waals surface area contributed by atoms with Gasteiger partial charge in [0.25, 0.3) is 0 Å². The lowest BCUT2D eigenvalue weighted by atomic mass is 10.0. The van der Waals surface area contributed by atoms with Gasteiger partial charge in [0.15, 0.2) is 0 Å². The molecule has 2 amide bonds. The van der Waals surface area contributed by atoms with Crippen LogP contribution in [0.1, 0.15) is 32.6 Å². The van der Waals surface area contributed by atoms with Crippen LogP contribution in [-0.2, 0) is 9.59 Å². The quantitative estimate of drug-likeness (QED) is 0.669. The molecule has 0 aromatic heterocycles. The normalized spacial score (nSPS) is 22.8. The lowest BCUT2D eigenvalue weighted by molar-refractivity contribution is -0.140. The second-order valence-corrected chi connectivity index (χ2v) is 3.35. The molecule has 4 heteroatoms. The Bertz CT molecular complexity index is 216. The molecule has 1 saturated heterocycles. The van der Waals surface area contributed by atoms with E-state index in [0.29, 0.717) is 13.0 Å². The topological polar surface area (TPSA) is 63.4 Å². The van der Waals surface area contributed by atoms with Crippen LogP contribution in [0.15, 0.2) is 0 Å². The molecule has 4 nitrogen and oxygen atoms in total. The molecule has 0 radical (unpaired) electrons. The number of hydrogen-bond donors (Lipinski definition) is 1. The summed E-state index contributed by atoms with van der Waals surface area (Å²) in [7, 11) is 0. The van der Waals surface area contributed by atoms with E-state index in [4.69, 9.17) is 5.73 Å². The summed E-state index contributed by atoms with van der Waals surface area (Å²) in [5, 5.41) is 0. The predicted molar refractivity (Wildman–Crippen MR) is 48.8 cm³/mol. The molecule has 13 heavy (non-hydrogen) atoms. The van der Waals surface area contributed by atoms with Crippen LogP contribution in [0, 0.1) is 0 Å². The van der Waals surface area contributed by atoms with Gasteiger partial charge in [0.2, 0.25) is 11.8 Å². The van der Waals surface area contributed by atoms with Crippen molar-refractivity contribution >= 4 is 11.8 Å². The van der Waals surface area contributed by atoms with E-state index in [1.165, 1.54) is 0 Å². The zero-order chi connectivity index (χ0) is 9.84. The molecule has 0 bridgehead atoms. The van der Waals surface area contributed by atoms with E-state index in [9.17, 15) is 9.59 Å². The Kier molecular flexibility index (Phi) is 3.28. The fraction of sp³-hybridized carbons (Fsp3) is 0.778. The van der Waals surface area contributed by atoms with Gasteiger partial charge < -0.3 is 10.6 Å². The molecule has 0 spiro atoms. The highest BCUT2D eigenvalue weighted by molar-refractivity contribution is 5.86. The third-order valence-electron chi connectivity index (χ3n) is 2.45. The zero-order valence-corrected chi connectivity index (χ0v) is 7.95. The van der Waals surface area contributed by atoms with Gasteiger partial charge in [-0.25, -0.2) is 0 Å². The number of likely N-dealkylation sites (tertiary alicyclic amines) is 1. The third-order valence-corrected chi connectivity index (χ3v) is 2.45. The largest absolute Gasteiger partial charge is 0.368 e. The van der Waals surface area contributed by atoms with Crippen LogP contribution < -0.4 is 5.73 Å². The summed E-state index contributed by atoms with van der Waals surface area (Å²) in [6.45, 7) is 2.48. The van der Waals surface area contributed by atoms with Crippen molar-refractivity contribution in [2.75, 3.05) is 6.54 Å². The average molecular weight is 184 g/mol. The predicted octanol–water partition coefficient (Wildman–Crippen LogP) is 0.263.